The Morgan fingerprint density at radius 1 is 0.906 bits per heavy atom. The molecule has 0 heterocycles. The first kappa shape index (κ1) is 23.2. The van der Waals surface area contributed by atoms with E-state index in [9.17, 15) is 9.59 Å². The summed E-state index contributed by atoms with van der Waals surface area (Å²) in [5.41, 5.74) is 5.82. The van der Waals surface area contributed by atoms with Crippen LogP contribution in [-0.2, 0) is 4.74 Å². The number of hydrogen-bond donors (Lipinski definition) is 2. The van der Waals surface area contributed by atoms with Gasteiger partial charge in [-0.15, -0.1) is 0 Å². The standard InChI is InChI=1S/C25H26N3O3P/c1-2-3-17-31-25(30)28(24(26)27)23(29)19-11-10-16-22(18-19)32(20-12-6-4-7-13-20)21-14-8-5-9-15-21/h4-16,18H,2-3,17H2,1H3,(H3,26,27). The first-order chi connectivity index (χ1) is 15.5. The SMILES string of the molecule is CCCCOC(=O)N(C(=N)N)C(=O)c1cccc(P(c2ccccc2)c2ccccc2)c1. The van der Waals surface area contributed by atoms with Gasteiger partial charge in [0.2, 0.25) is 5.96 Å². The summed E-state index contributed by atoms with van der Waals surface area (Å²) in [5.74, 6) is -1.35. The molecule has 0 fully saturated rings. The van der Waals surface area contributed by atoms with Crippen molar-refractivity contribution in [3.05, 3.63) is 90.5 Å². The fourth-order valence-corrected chi connectivity index (χ4v) is 5.51. The van der Waals surface area contributed by atoms with Crippen LogP contribution in [-0.4, -0.2) is 29.5 Å². The summed E-state index contributed by atoms with van der Waals surface area (Å²) in [4.78, 5) is 26.1. The maximum Gasteiger partial charge on any atom is 0.423 e. The maximum atomic E-state index is 13.1. The van der Waals surface area contributed by atoms with E-state index in [0.29, 0.717) is 11.3 Å². The van der Waals surface area contributed by atoms with Crippen LogP contribution in [0, 0.1) is 5.41 Å². The van der Waals surface area contributed by atoms with Gasteiger partial charge in [0, 0.05) is 5.56 Å². The lowest BCUT2D eigenvalue weighted by molar-refractivity contribution is 0.0771. The molecular formula is C25H26N3O3P. The van der Waals surface area contributed by atoms with Crippen molar-refractivity contribution in [2.75, 3.05) is 6.61 Å². The molecule has 3 aromatic rings. The molecule has 0 aliphatic carbocycles. The molecule has 0 aromatic heterocycles. The normalized spacial score (nSPS) is 10.6. The van der Waals surface area contributed by atoms with Crippen molar-refractivity contribution >= 4 is 41.8 Å². The lowest BCUT2D eigenvalue weighted by Gasteiger charge is -2.21. The van der Waals surface area contributed by atoms with Gasteiger partial charge in [0.25, 0.3) is 5.91 Å². The average molecular weight is 447 g/mol. The largest absolute Gasteiger partial charge is 0.449 e. The Bertz CT molecular complexity index is 1030. The third kappa shape index (κ3) is 5.59. The van der Waals surface area contributed by atoms with Gasteiger partial charge in [-0.1, -0.05) is 86.1 Å². The van der Waals surface area contributed by atoms with Crippen LogP contribution in [0.2, 0.25) is 0 Å². The predicted molar refractivity (Wildman–Crippen MR) is 129 cm³/mol. The Balaban J connectivity index is 1.97. The zero-order chi connectivity index (χ0) is 22.9. The van der Waals surface area contributed by atoms with E-state index in [4.69, 9.17) is 15.9 Å². The second-order valence-corrected chi connectivity index (χ2v) is 9.27. The lowest BCUT2D eigenvalue weighted by Crippen LogP contribution is -2.46. The molecule has 0 aliphatic heterocycles. The number of carbonyl (C=O) groups excluding carboxylic acids is 2. The quantitative estimate of drug-likeness (QED) is 0.250. The molecule has 164 valence electrons. The van der Waals surface area contributed by atoms with Crippen LogP contribution in [0.15, 0.2) is 84.9 Å². The number of nitrogens with one attached hydrogen (secondary N) is 1. The molecule has 0 saturated carbocycles. The summed E-state index contributed by atoms with van der Waals surface area (Å²) in [5, 5.41) is 11.0. The Morgan fingerprint density at radius 2 is 1.47 bits per heavy atom. The van der Waals surface area contributed by atoms with E-state index in [2.05, 4.69) is 24.3 Å². The Hall–Kier alpha value is -3.50. The summed E-state index contributed by atoms with van der Waals surface area (Å²) < 4.78 is 5.11. The summed E-state index contributed by atoms with van der Waals surface area (Å²) >= 11 is 0. The second-order valence-electron chi connectivity index (χ2n) is 7.05. The van der Waals surface area contributed by atoms with Gasteiger partial charge in [-0.05, 0) is 42.4 Å². The van der Waals surface area contributed by atoms with Gasteiger partial charge in [-0.2, -0.15) is 4.90 Å². The number of ether oxygens (including phenoxy) is 1. The minimum Gasteiger partial charge on any atom is -0.449 e. The van der Waals surface area contributed by atoms with Crippen LogP contribution < -0.4 is 21.6 Å². The van der Waals surface area contributed by atoms with Crippen LogP contribution in [0.25, 0.3) is 0 Å². The number of unbranched alkanes of at least 4 members (excludes halogenated alkanes) is 1. The molecule has 3 aromatic carbocycles. The van der Waals surface area contributed by atoms with Gasteiger partial charge >= 0.3 is 6.09 Å². The number of guanidine groups is 1. The van der Waals surface area contributed by atoms with Gasteiger partial charge < -0.3 is 10.5 Å². The predicted octanol–water partition coefficient (Wildman–Crippen LogP) is 3.72. The molecule has 0 unspecified atom stereocenters. The van der Waals surface area contributed by atoms with Crippen LogP contribution >= 0.6 is 7.92 Å². The van der Waals surface area contributed by atoms with E-state index in [1.54, 1.807) is 18.2 Å². The molecule has 0 spiro atoms. The molecule has 0 aliphatic rings. The molecule has 7 heteroatoms. The third-order valence-corrected chi connectivity index (χ3v) is 7.15. The summed E-state index contributed by atoms with van der Waals surface area (Å²) in [6.45, 7) is 2.13. The van der Waals surface area contributed by atoms with Crippen molar-refractivity contribution in [3.63, 3.8) is 0 Å². The average Bonchev–Trinajstić information content (AvgIpc) is 2.81. The van der Waals surface area contributed by atoms with Gasteiger partial charge in [0.05, 0.1) is 6.61 Å². The van der Waals surface area contributed by atoms with Crippen molar-refractivity contribution in [1.29, 1.82) is 5.41 Å². The maximum absolute atomic E-state index is 13.1. The van der Waals surface area contributed by atoms with Gasteiger partial charge in [-0.25, -0.2) is 4.79 Å². The van der Waals surface area contributed by atoms with E-state index in [1.165, 1.54) is 0 Å². The van der Waals surface area contributed by atoms with E-state index in [-0.39, 0.29) is 12.2 Å². The number of carbonyl (C=O) groups is 2. The number of benzene rings is 3. The molecule has 0 saturated heterocycles. The highest BCUT2D eigenvalue weighted by Crippen LogP contribution is 2.32. The summed E-state index contributed by atoms with van der Waals surface area (Å²) in [7, 11) is -0.920. The first-order valence-electron chi connectivity index (χ1n) is 10.4. The molecular weight excluding hydrogens is 421 g/mol. The third-order valence-electron chi connectivity index (χ3n) is 4.73. The van der Waals surface area contributed by atoms with E-state index < -0.39 is 25.9 Å². The number of amides is 2. The highest BCUT2D eigenvalue weighted by Gasteiger charge is 2.28. The van der Waals surface area contributed by atoms with Crippen LogP contribution in [0.4, 0.5) is 4.79 Å². The van der Waals surface area contributed by atoms with Crippen molar-refractivity contribution in [2.45, 2.75) is 19.8 Å². The minimum absolute atomic E-state index is 0.166. The monoisotopic (exact) mass is 447 g/mol. The Morgan fingerprint density at radius 3 is 2.00 bits per heavy atom. The minimum atomic E-state index is -0.935. The molecule has 0 radical (unpaired) electrons. The first-order valence-corrected chi connectivity index (χ1v) is 11.7. The number of nitrogens with zero attached hydrogens (tertiary/aromatic N) is 1. The Labute approximate surface area is 189 Å². The van der Waals surface area contributed by atoms with E-state index >= 15 is 0 Å². The Kier molecular flexibility index (Phi) is 8.12. The molecule has 0 atom stereocenters. The number of rotatable bonds is 7. The molecule has 3 N–H and O–H groups in total. The fourth-order valence-electron chi connectivity index (χ4n) is 3.17. The molecule has 0 bridgehead atoms. The second kappa shape index (κ2) is 11.2. The molecule has 6 nitrogen and oxygen atoms in total. The van der Waals surface area contributed by atoms with Crippen LogP contribution in [0.3, 0.4) is 0 Å². The van der Waals surface area contributed by atoms with Gasteiger partial charge in [-0.3, -0.25) is 10.2 Å². The summed E-state index contributed by atoms with van der Waals surface area (Å²) in [6.07, 6.45) is 0.570. The zero-order valence-electron chi connectivity index (χ0n) is 17.9. The van der Waals surface area contributed by atoms with Crippen LogP contribution in [0.1, 0.15) is 30.1 Å². The van der Waals surface area contributed by atoms with Crippen molar-refractivity contribution in [2.24, 2.45) is 5.73 Å². The molecule has 2 amide bonds. The van der Waals surface area contributed by atoms with Gasteiger partial charge in [0.1, 0.15) is 0 Å². The smallest absolute Gasteiger partial charge is 0.423 e. The highest BCUT2D eigenvalue weighted by atomic mass is 31.1. The number of imide groups is 1. The van der Waals surface area contributed by atoms with E-state index in [0.717, 1.165) is 22.3 Å². The summed E-state index contributed by atoms with van der Waals surface area (Å²) in [6, 6.07) is 27.3. The van der Waals surface area contributed by atoms with Crippen LogP contribution in [0.5, 0.6) is 0 Å². The zero-order valence-corrected chi connectivity index (χ0v) is 18.8. The van der Waals surface area contributed by atoms with E-state index in [1.807, 2.05) is 49.4 Å². The van der Waals surface area contributed by atoms with Crippen molar-refractivity contribution in [3.8, 4) is 0 Å². The van der Waals surface area contributed by atoms with Gasteiger partial charge in [0.15, 0.2) is 0 Å². The van der Waals surface area contributed by atoms with Crippen molar-refractivity contribution in [1.82, 2.24) is 4.90 Å². The van der Waals surface area contributed by atoms with Crippen molar-refractivity contribution < 1.29 is 14.3 Å². The number of nitrogens with two attached hydrogens (primary N) is 1. The molecule has 32 heavy (non-hydrogen) atoms. The lowest BCUT2D eigenvalue weighted by atomic mass is 10.2. The topological polar surface area (TPSA) is 96.5 Å². The highest BCUT2D eigenvalue weighted by molar-refractivity contribution is 7.79. The molecule has 3 rings (SSSR count). The number of hydrogen-bond acceptors (Lipinski definition) is 4. The fraction of sp³-hybridized carbons (Fsp3) is 0.160.